The standard InChI is InChI=1S/C22H25F3N4O2/c1-16(17-7-3-2-4-8-17)26-21(31)29-13-11-28(12-14-29)15-20(30)27-19-10-6-5-9-18(19)22(23,24)25/h2-10,16H,11-15H2,1H3,(H,26,31)(H,27,30). The van der Waals surface area contributed by atoms with Crippen LogP contribution in [0.4, 0.5) is 23.7 Å². The van der Waals surface area contributed by atoms with Crippen LogP contribution in [0, 0.1) is 0 Å². The zero-order chi connectivity index (χ0) is 22.4. The van der Waals surface area contributed by atoms with Gasteiger partial charge < -0.3 is 15.5 Å². The van der Waals surface area contributed by atoms with E-state index in [2.05, 4.69) is 10.6 Å². The van der Waals surface area contributed by atoms with Crippen LogP contribution >= 0.6 is 0 Å². The van der Waals surface area contributed by atoms with Gasteiger partial charge in [0.15, 0.2) is 0 Å². The second-order valence-corrected chi connectivity index (χ2v) is 7.44. The summed E-state index contributed by atoms with van der Waals surface area (Å²) in [5, 5.41) is 5.31. The molecule has 0 aliphatic carbocycles. The molecule has 1 unspecified atom stereocenters. The van der Waals surface area contributed by atoms with Gasteiger partial charge in [-0.25, -0.2) is 4.79 Å². The Hall–Kier alpha value is -3.07. The number of hydrogen-bond acceptors (Lipinski definition) is 3. The Morgan fingerprint density at radius 1 is 0.968 bits per heavy atom. The van der Waals surface area contributed by atoms with Crippen LogP contribution in [0.15, 0.2) is 54.6 Å². The Kier molecular flexibility index (Phi) is 7.17. The van der Waals surface area contributed by atoms with Gasteiger partial charge in [0.2, 0.25) is 5.91 Å². The summed E-state index contributed by atoms with van der Waals surface area (Å²) in [7, 11) is 0. The fourth-order valence-electron chi connectivity index (χ4n) is 3.44. The van der Waals surface area contributed by atoms with Crippen molar-refractivity contribution in [3.8, 4) is 0 Å². The SMILES string of the molecule is CC(NC(=O)N1CCN(CC(=O)Nc2ccccc2C(F)(F)F)CC1)c1ccccc1. The van der Waals surface area contributed by atoms with E-state index in [1.54, 1.807) is 4.90 Å². The number of alkyl halides is 3. The molecule has 3 amide bonds. The van der Waals surface area contributed by atoms with Crippen molar-refractivity contribution in [2.75, 3.05) is 38.0 Å². The minimum absolute atomic E-state index is 0.0396. The van der Waals surface area contributed by atoms with Crippen LogP contribution < -0.4 is 10.6 Å². The molecule has 2 aromatic carbocycles. The summed E-state index contributed by atoms with van der Waals surface area (Å²) in [4.78, 5) is 28.2. The predicted molar refractivity (Wildman–Crippen MR) is 111 cm³/mol. The summed E-state index contributed by atoms with van der Waals surface area (Å²) >= 11 is 0. The topological polar surface area (TPSA) is 64.7 Å². The Labute approximate surface area is 179 Å². The minimum atomic E-state index is -4.54. The number of anilines is 1. The van der Waals surface area contributed by atoms with Gasteiger partial charge in [-0.3, -0.25) is 9.69 Å². The highest BCUT2D eigenvalue weighted by molar-refractivity contribution is 5.93. The molecule has 2 aromatic rings. The van der Waals surface area contributed by atoms with Crippen molar-refractivity contribution in [2.45, 2.75) is 19.1 Å². The number of carbonyl (C=O) groups is 2. The smallest absolute Gasteiger partial charge is 0.331 e. The zero-order valence-corrected chi connectivity index (χ0v) is 17.2. The molecule has 0 bridgehead atoms. The van der Waals surface area contributed by atoms with E-state index in [1.807, 2.05) is 42.2 Å². The van der Waals surface area contributed by atoms with Gasteiger partial charge in [-0.15, -0.1) is 0 Å². The Bertz CT molecular complexity index is 897. The minimum Gasteiger partial charge on any atom is -0.331 e. The maximum Gasteiger partial charge on any atom is 0.418 e. The number of amides is 3. The van der Waals surface area contributed by atoms with Crippen molar-refractivity contribution in [2.24, 2.45) is 0 Å². The highest BCUT2D eigenvalue weighted by Gasteiger charge is 2.33. The third-order valence-corrected chi connectivity index (χ3v) is 5.17. The number of para-hydroxylation sites is 1. The third kappa shape index (κ3) is 6.21. The number of hydrogen-bond donors (Lipinski definition) is 2. The first-order valence-corrected chi connectivity index (χ1v) is 10.0. The van der Waals surface area contributed by atoms with Crippen LogP contribution in [0.5, 0.6) is 0 Å². The summed E-state index contributed by atoms with van der Waals surface area (Å²) < 4.78 is 39.2. The van der Waals surface area contributed by atoms with Gasteiger partial charge in [0.05, 0.1) is 23.8 Å². The van der Waals surface area contributed by atoms with Crippen molar-refractivity contribution < 1.29 is 22.8 Å². The van der Waals surface area contributed by atoms with Crippen molar-refractivity contribution in [1.82, 2.24) is 15.1 Å². The van der Waals surface area contributed by atoms with Gasteiger partial charge in [0, 0.05) is 26.2 Å². The molecule has 1 fully saturated rings. The fraction of sp³-hybridized carbons (Fsp3) is 0.364. The summed E-state index contributed by atoms with van der Waals surface area (Å²) in [6.07, 6.45) is -4.54. The molecule has 9 heteroatoms. The molecular weight excluding hydrogens is 409 g/mol. The number of benzene rings is 2. The maximum atomic E-state index is 13.1. The molecule has 1 aliphatic heterocycles. The summed E-state index contributed by atoms with van der Waals surface area (Å²) in [6.45, 7) is 3.65. The van der Waals surface area contributed by atoms with E-state index in [9.17, 15) is 22.8 Å². The van der Waals surface area contributed by atoms with E-state index in [1.165, 1.54) is 18.2 Å². The average molecular weight is 434 g/mol. The first-order chi connectivity index (χ1) is 14.7. The molecule has 1 saturated heterocycles. The molecular formula is C22H25F3N4O2. The molecule has 1 aliphatic rings. The second-order valence-electron chi connectivity index (χ2n) is 7.44. The van der Waals surface area contributed by atoms with Crippen molar-refractivity contribution in [3.05, 3.63) is 65.7 Å². The van der Waals surface area contributed by atoms with E-state index < -0.39 is 17.6 Å². The largest absolute Gasteiger partial charge is 0.418 e. The second kappa shape index (κ2) is 9.82. The average Bonchev–Trinajstić information content (AvgIpc) is 2.74. The number of urea groups is 1. The van der Waals surface area contributed by atoms with E-state index in [4.69, 9.17) is 0 Å². The number of rotatable bonds is 5. The van der Waals surface area contributed by atoms with E-state index in [0.29, 0.717) is 26.2 Å². The zero-order valence-electron chi connectivity index (χ0n) is 17.2. The van der Waals surface area contributed by atoms with Crippen LogP contribution in [0.1, 0.15) is 24.1 Å². The predicted octanol–water partition coefficient (Wildman–Crippen LogP) is 3.73. The number of nitrogens with zero attached hydrogens (tertiary/aromatic N) is 2. The molecule has 0 aromatic heterocycles. The maximum absolute atomic E-state index is 13.1. The molecule has 3 rings (SSSR count). The lowest BCUT2D eigenvalue weighted by atomic mass is 10.1. The van der Waals surface area contributed by atoms with Gasteiger partial charge in [-0.05, 0) is 24.6 Å². The molecule has 2 N–H and O–H groups in total. The van der Waals surface area contributed by atoms with Gasteiger partial charge in [0.25, 0.3) is 0 Å². The first-order valence-electron chi connectivity index (χ1n) is 10.0. The van der Waals surface area contributed by atoms with E-state index in [0.717, 1.165) is 11.6 Å². The number of halogens is 3. The molecule has 1 atom stereocenters. The molecule has 6 nitrogen and oxygen atoms in total. The Balaban J connectivity index is 1.47. The number of nitrogens with one attached hydrogen (secondary N) is 2. The summed E-state index contributed by atoms with van der Waals surface area (Å²) in [5.74, 6) is -0.521. The van der Waals surface area contributed by atoms with Gasteiger partial charge >= 0.3 is 12.2 Å². The monoisotopic (exact) mass is 434 g/mol. The lowest BCUT2D eigenvalue weighted by molar-refractivity contribution is -0.137. The normalized spacial score (nSPS) is 15.9. The Morgan fingerprint density at radius 2 is 1.58 bits per heavy atom. The van der Waals surface area contributed by atoms with Crippen molar-refractivity contribution in [3.63, 3.8) is 0 Å². The lowest BCUT2D eigenvalue weighted by Crippen LogP contribution is -2.53. The summed E-state index contributed by atoms with van der Waals surface area (Å²) in [6, 6.07) is 14.2. The fourth-order valence-corrected chi connectivity index (χ4v) is 3.44. The van der Waals surface area contributed by atoms with Gasteiger partial charge in [-0.2, -0.15) is 13.2 Å². The molecule has 0 saturated carbocycles. The lowest BCUT2D eigenvalue weighted by Gasteiger charge is -2.35. The van der Waals surface area contributed by atoms with Crippen LogP contribution in [0.2, 0.25) is 0 Å². The van der Waals surface area contributed by atoms with E-state index in [-0.39, 0.29) is 24.3 Å². The molecule has 0 spiro atoms. The highest BCUT2D eigenvalue weighted by Crippen LogP contribution is 2.34. The quantitative estimate of drug-likeness (QED) is 0.754. The molecule has 166 valence electrons. The van der Waals surface area contributed by atoms with Crippen LogP contribution in [0.25, 0.3) is 0 Å². The summed E-state index contributed by atoms with van der Waals surface area (Å²) in [5.41, 5.74) is -0.129. The van der Waals surface area contributed by atoms with Crippen LogP contribution in [-0.4, -0.2) is 54.5 Å². The molecule has 0 radical (unpaired) electrons. The van der Waals surface area contributed by atoms with Crippen molar-refractivity contribution in [1.29, 1.82) is 0 Å². The number of piperazine rings is 1. The highest BCUT2D eigenvalue weighted by atomic mass is 19.4. The van der Waals surface area contributed by atoms with Crippen molar-refractivity contribution >= 4 is 17.6 Å². The number of carbonyl (C=O) groups excluding carboxylic acids is 2. The van der Waals surface area contributed by atoms with Crippen LogP contribution in [0.3, 0.4) is 0 Å². The van der Waals surface area contributed by atoms with E-state index >= 15 is 0 Å². The Morgan fingerprint density at radius 3 is 2.23 bits per heavy atom. The van der Waals surface area contributed by atoms with Crippen LogP contribution in [-0.2, 0) is 11.0 Å². The first kappa shape index (κ1) is 22.6. The third-order valence-electron chi connectivity index (χ3n) is 5.17. The van der Waals surface area contributed by atoms with Gasteiger partial charge in [0.1, 0.15) is 0 Å². The van der Waals surface area contributed by atoms with Gasteiger partial charge in [-0.1, -0.05) is 42.5 Å². The molecule has 31 heavy (non-hydrogen) atoms. The molecule has 1 heterocycles.